The fraction of sp³-hybridized carbons (Fsp3) is 0.550. The molecule has 1 aromatic carbocycles. The van der Waals surface area contributed by atoms with Crippen LogP contribution in [0.3, 0.4) is 0 Å². The van der Waals surface area contributed by atoms with Gasteiger partial charge >= 0.3 is 0 Å². The smallest absolute Gasteiger partial charge is 0.152 e. The molecule has 144 valence electrons. The van der Waals surface area contributed by atoms with Crippen LogP contribution >= 0.6 is 0 Å². The molecule has 1 aliphatic rings. The van der Waals surface area contributed by atoms with Crippen LogP contribution in [-0.4, -0.2) is 50.7 Å². The Hall–Kier alpha value is -2.57. The van der Waals surface area contributed by atoms with Gasteiger partial charge in [0, 0.05) is 30.8 Å². The topological polar surface area (TPSA) is 98.6 Å². The van der Waals surface area contributed by atoms with Crippen molar-refractivity contribution in [2.45, 2.75) is 51.4 Å². The molecule has 1 saturated heterocycles. The second-order valence-corrected chi connectivity index (χ2v) is 7.45. The molecule has 1 fully saturated rings. The highest BCUT2D eigenvalue weighted by Crippen LogP contribution is 2.31. The van der Waals surface area contributed by atoms with Crippen LogP contribution in [0, 0.1) is 11.3 Å². The number of rotatable bonds is 9. The van der Waals surface area contributed by atoms with Crippen molar-refractivity contribution in [2.75, 3.05) is 13.1 Å². The summed E-state index contributed by atoms with van der Waals surface area (Å²) in [5.74, 6) is 1.24. The van der Waals surface area contributed by atoms with Crippen molar-refractivity contribution in [3.63, 3.8) is 0 Å². The normalized spacial score (nSPS) is 19.0. The quantitative estimate of drug-likeness (QED) is 0.524. The highest BCUT2D eigenvalue weighted by molar-refractivity contribution is 5.79. The average molecular weight is 368 g/mol. The number of hydrogen-bond donors (Lipinski definition) is 2. The molecule has 2 N–H and O–H groups in total. The summed E-state index contributed by atoms with van der Waals surface area (Å²) >= 11 is 0. The highest BCUT2D eigenvalue weighted by atomic mass is 16.1. The van der Waals surface area contributed by atoms with Crippen LogP contribution in [0.2, 0.25) is 0 Å². The third-order valence-corrected chi connectivity index (χ3v) is 5.63. The molecule has 7 nitrogen and oxygen atoms in total. The van der Waals surface area contributed by atoms with Gasteiger partial charge in [-0.3, -0.25) is 10.2 Å². The SMILES string of the molecule is CCC[C@H](C(C)=O)[C@H](Cc1ccc(C2CCN(C=N)C2)cc1)c1nnn[nH]1. The number of nitrogens with one attached hydrogen (secondary N) is 2. The number of aromatic amines is 1. The summed E-state index contributed by atoms with van der Waals surface area (Å²) in [7, 11) is 0. The molecule has 2 aromatic rings. The number of carbonyl (C=O) groups is 1. The van der Waals surface area contributed by atoms with Gasteiger partial charge in [0.15, 0.2) is 5.82 Å². The molecule has 1 aromatic heterocycles. The summed E-state index contributed by atoms with van der Waals surface area (Å²) in [6.07, 6.45) is 5.04. The molecule has 3 rings (SSSR count). The van der Waals surface area contributed by atoms with Gasteiger partial charge in [0.05, 0.1) is 6.34 Å². The lowest BCUT2D eigenvalue weighted by atomic mass is 9.81. The van der Waals surface area contributed by atoms with Crippen LogP contribution in [0.15, 0.2) is 24.3 Å². The number of aromatic nitrogens is 4. The lowest BCUT2D eigenvalue weighted by Gasteiger charge is -2.23. The van der Waals surface area contributed by atoms with E-state index in [0.29, 0.717) is 11.7 Å². The molecule has 0 aliphatic carbocycles. The zero-order valence-electron chi connectivity index (χ0n) is 16.1. The fourth-order valence-corrected chi connectivity index (χ4v) is 4.11. The van der Waals surface area contributed by atoms with Crippen molar-refractivity contribution < 1.29 is 4.79 Å². The third kappa shape index (κ3) is 4.59. The molecule has 0 saturated carbocycles. The van der Waals surface area contributed by atoms with Crippen molar-refractivity contribution in [2.24, 2.45) is 5.92 Å². The molecule has 1 aliphatic heterocycles. The van der Waals surface area contributed by atoms with E-state index in [9.17, 15) is 4.79 Å². The first kappa shape index (κ1) is 19.2. The highest BCUT2D eigenvalue weighted by Gasteiger charge is 2.29. The van der Waals surface area contributed by atoms with Crippen molar-refractivity contribution >= 4 is 12.1 Å². The van der Waals surface area contributed by atoms with E-state index in [-0.39, 0.29) is 17.6 Å². The van der Waals surface area contributed by atoms with Gasteiger partial charge in [-0.05, 0) is 47.7 Å². The molecule has 27 heavy (non-hydrogen) atoms. The van der Waals surface area contributed by atoms with E-state index in [1.807, 2.05) is 4.90 Å². The number of Topliss-reactive ketones (excluding diaryl/α,β-unsaturated/α-hetero) is 1. The Labute approximate surface area is 160 Å². The van der Waals surface area contributed by atoms with Crippen LogP contribution in [0.25, 0.3) is 0 Å². The second kappa shape index (κ2) is 8.88. The molecule has 7 heteroatoms. The van der Waals surface area contributed by atoms with Gasteiger partial charge in [-0.25, -0.2) is 5.10 Å². The zero-order chi connectivity index (χ0) is 19.2. The first-order chi connectivity index (χ1) is 13.1. The molecular weight excluding hydrogens is 340 g/mol. The number of likely N-dealkylation sites (tertiary alicyclic amines) is 1. The van der Waals surface area contributed by atoms with Crippen LogP contribution in [0.5, 0.6) is 0 Å². The molecule has 3 atom stereocenters. The number of carbonyl (C=O) groups excluding carboxylic acids is 1. The lowest BCUT2D eigenvalue weighted by molar-refractivity contribution is -0.121. The van der Waals surface area contributed by atoms with Gasteiger partial charge in [-0.1, -0.05) is 37.6 Å². The predicted octanol–water partition coefficient (Wildman–Crippen LogP) is 2.93. The maximum Gasteiger partial charge on any atom is 0.152 e. The minimum Gasteiger partial charge on any atom is -0.363 e. The minimum absolute atomic E-state index is 0.0387. The third-order valence-electron chi connectivity index (χ3n) is 5.63. The predicted molar refractivity (Wildman–Crippen MR) is 104 cm³/mol. The van der Waals surface area contributed by atoms with Gasteiger partial charge in [-0.2, -0.15) is 0 Å². The summed E-state index contributed by atoms with van der Waals surface area (Å²) in [4.78, 5) is 14.3. The van der Waals surface area contributed by atoms with E-state index in [0.717, 1.165) is 38.8 Å². The van der Waals surface area contributed by atoms with E-state index < -0.39 is 0 Å². The monoisotopic (exact) mass is 368 g/mol. The van der Waals surface area contributed by atoms with Gasteiger partial charge in [0.1, 0.15) is 5.78 Å². The Bertz CT molecular complexity index is 742. The van der Waals surface area contributed by atoms with Crippen LogP contribution in [-0.2, 0) is 11.2 Å². The van der Waals surface area contributed by atoms with E-state index in [4.69, 9.17) is 5.41 Å². The maximum atomic E-state index is 12.2. The summed E-state index contributed by atoms with van der Waals surface area (Å²) < 4.78 is 0. The molecule has 0 bridgehead atoms. The summed E-state index contributed by atoms with van der Waals surface area (Å²) in [5, 5.41) is 21.8. The van der Waals surface area contributed by atoms with Gasteiger partial charge in [0.25, 0.3) is 0 Å². The Morgan fingerprint density at radius 2 is 2.19 bits per heavy atom. The Balaban J connectivity index is 1.76. The van der Waals surface area contributed by atoms with Gasteiger partial charge in [0.2, 0.25) is 0 Å². The molecule has 0 spiro atoms. The molecule has 2 heterocycles. The van der Waals surface area contributed by atoms with E-state index in [1.54, 1.807) is 6.92 Å². The molecule has 0 radical (unpaired) electrons. The summed E-state index contributed by atoms with van der Waals surface area (Å²) in [5.41, 5.74) is 2.50. The standard InChI is InChI=1S/C20H28N6O/c1-3-4-18(14(2)27)19(20-22-24-25-23-20)11-15-5-7-16(8-6-15)17-9-10-26(12-17)13-21/h5-8,13,17-19,21H,3-4,9-12H2,1-2H3,(H,22,23,24,25)/t17?,18-,19+/m1/s1. The van der Waals surface area contributed by atoms with Crippen molar-refractivity contribution in [3.8, 4) is 0 Å². The Morgan fingerprint density at radius 1 is 1.41 bits per heavy atom. The Morgan fingerprint density at radius 3 is 2.74 bits per heavy atom. The second-order valence-electron chi connectivity index (χ2n) is 7.45. The molecule has 1 unspecified atom stereocenters. The van der Waals surface area contributed by atoms with E-state index in [2.05, 4.69) is 51.8 Å². The Kier molecular flexibility index (Phi) is 6.32. The number of tetrazole rings is 1. The van der Waals surface area contributed by atoms with Gasteiger partial charge in [-0.15, -0.1) is 5.10 Å². The maximum absolute atomic E-state index is 12.2. The summed E-state index contributed by atoms with van der Waals surface area (Å²) in [6.45, 7) is 5.63. The number of nitrogens with zero attached hydrogens (tertiary/aromatic N) is 4. The zero-order valence-corrected chi connectivity index (χ0v) is 16.1. The number of H-pyrrole nitrogens is 1. The number of ketones is 1. The summed E-state index contributed by atoms with van der Waals surface area (Å²) in [6, 6.07) is 8.68. The van der Waals surface area contributed by atoms with Gasteiger partial charge < -0.3 is 4.90 Å². The van der Waals surface area contributed by atoms with E-state index in [1.165, 1.54) is 17.5 Å². The van der Waals surface area contributed by atoms with E-state index >= 15 is 0 Å². The lowest BCUT2D eigenvalue weighted by Crippen LogP contribution is -2.23. The van der Waals surface area contributed by atoms with Crippen LogP contribution in [0.1, 0.15) is 61.9 Å². The first-order valence-corrected chi connectivity index (χ1v) is 9.70. The number of hydrogen-bond acceptors (Lipinski definition) is 5. The largest absolute Gasteiger partial charge is 0.363 e. The average Bonchev–Trinajstić information content (AvgIpc) is 3.36. The minimum atomic E-state index is -0.0830. The molecule has 0 amide bonds. The molecular formula is C20H28N6O. The fourth-order valence-electron chi connectivity index (χ4n) is 4.11. The van der Waals surface area contributed by atoms with Crippen molar-refractivity contribution in [1.29, 1.82) is 5.41 Å². The first-order valence-electron chi connectivity index (χ1n) is 9.70. The number of benzene rings is 1. The van der Waals surface area contributed by atoms with Crippen molar-refractivity contribution in [3.05, 3.63) is 41.2 Å². The van der Waals surface area contributed by atoms with Crippen molar-refractivity contribution in [1.82, 2.24) is 25.5 Å². The van der Waals surface area contributed by atoms with Crippen LogP contribution in [0.4, 0.5) is 0 Å². The van der Waals surface area contributed by atoms with Crippen LogP contribution < -0.4 is 0 Å².